The third-order valence-electron chi connectivity index (χ3n) is 2.50. The maximum absolute atomic E-state index is 11.1. The van der Waals surface area contributed by atoms with Crippen molar-refractivity contribution in [3.8, 4) is 0 Å². The molecule has 4 nitrogen and oxygen atoms in total. The average Bonchev–Trinajstić information content (AvgIpc) is 2.30. The number of aromatic nitrogens is 1. The zero-order chi connectivity index (χ0) is 10.7. The Kier molecular flexibility index (Phi) is 2.67. The van der Waals surface area contributed by atoms with Crippen LogP contribution in [0.1, 0.15) is 6.42 Å². The SMILES string of the molecule is NC(=O)C1CC=CN(c2cccnc2)C1. The molecule has 0 bridgehead atoms. The van der Waals surface area contributed by atoms with Gasteiger partial charge in [-0.1, -0.05) is 6.08 Å². The van der Waals surface area contributed by atoms with E-state index in [2.05, 4.69) is 4.98 Å². The van der Waals surface area contributed by atoms with Gasteiger partial charge in [-0.2, -0.15) is 0 Å². The lowest BCUT2D eigenvalue weighted by Gasteiger charge is -2.27. The van der Waals surface area contributed by atoms with Crippen molar-refractivity contribution in [2.75, 3.05) is 11.4 Å². The van der Waals surface area contributed by atoms with E-state index >= 15 is 0 Å². The Morgan fingerprint density at radius 1 is 1.60 bits per heavy atom. The van der Waals surface area contributed by atoms with Crippen molar-refractivity contribution in [2.45, 2.75) is 6.42 Å². The zero-order valence-electron chi connectivity index (χ0n) is 8.34. The summed E-state index contributed by atoms with van der Waals surface area (Å²) in [6, 6.07) is 3.83. The number of hydrogen-bond acceptors (Lipinski definition) is 3. The molecule has 2 heterocycles. The van der Waals surface area contributed by atoms with E-state index < -0.39 is 0 Å². The molecule has 0 saturated heterocycles. The fourth-order valence-corrected chi connectivity index (χ4v) is 1.65. The summed E-state index contributed by atoms with van der Waals surface area (Å²) in [7, 11) is 0. The standard InChI is InChI=1S/C11H13N3O/c12-11(15)9-3-2-6-14(8-9)10-4-1-5-13-7-10/h1-2,4-7,9H,3,8H2,(H2,12,15). The molecule has 0 fully saturated rings. The number of allylic oxidation sites excluding steroid dienone is 1. The fraction of sp³-hybridized carbons (Fsp3) is 0.273. The highest BCUT2D eigenvalue weighted by Gasteiger charge is 2.20. The molecule has 0 aromatic carbocycles. The highest BCUT2D eigenvalue weighted by atomic mass is 16.1. The molecule has 1 amide bonds. The van der Waals surface area contributed by atoms with Gasteiger partial charge in [0.25, 0.3) is 0 Å². The Morgan fingerprint density at radius 3 is 3.13 bits per heavy atom. The third kappa shape index (κ3) is 2.15. The number of rotatable bonds is 2. The van der Waals surface area contributed by atoms with Crippen LogP contribution in [0.15, 0.2) is 36.8 Å². The number of amides is 1. The smallest absolute Gasteiger partial charge is 0.222 e. The number of nitrogens with two attached hydrogens (primary N) is 1. The zero-order valence-corrected chi connectivity index (χ0v) is 8.34. The molecule has 0 radical (unpaired) electrons. The van der Waals surface area contributed by atoms with Crippen LogP contribution in [-0.2, 0) is 4.79 Å². The summed E-state index contributed by atoms with van der Waals surface area (Å²) in [5, 5.41) is 0. The molecule has 0 saturated carbocycles. The quantitative estimate of drug-likeness (QED) is 0.777. The number of nitrogens with zero attached hydrogens (tertiary/aromatic N) is 2. The first-order valence-electron chi connectivity index (χ1n) is 4.90. The molecular weight excluding hydrogens is 190 g/mol. The van der Waals surface area contributed by atoms with Gasteiger partial charge in [-0.05, 0) is 18.6 Å². The normalized spacial score (nSPS) is 20.3. The second-order valence-electron chi connectivity index (χ2n) is 3.58. The van der Waals surface area contributed by atoms with Crippen LogP contribution in [0.5, 0.6) is 0 Å². The molecule has 2 N–H and O–H groups in total. The molecular formula is C11H13N3O. The van der Waals surface area contributed by atoms with E-state index in [0.717, 1.165) is 12.1 Å². The van der Waals surface area contributed by atoms with Crippen molar-refractivity contribution in [1.29, 1.82) is 0 Å². The highest BCUT2D eigenvalue weighted by Crippen LogP contribution is 2.20. The van der Waals surface area contributed by atoms with Gasteiger partial charge in [-0.25, -0.2) is 0 Å². The lowest BCUT2D eigenvalue weighted by atomic mass is 10.0. The minimum atomic E-state index is -0.242. The van der Waals surface area contributed by atoms with Crippen LogP contribution in [0.3, 0.4) is 0 Å². The minimum absolute atomic E-state index is 0.102. The van der Waals surface area contributed by atoms with Crippen molar-refractivity contribution in [3.63, 3.8) is 0 Å². The molecule has 0 aliphatic carbocycles. The summed E-state index contributed by atoms with van der Waals surface area (Å²) >= 11 is 0. The maximum Gasteiger partial charge on any atom is 0.222 e. The van der Waals surface area contributed by atoms with Gasteiger partial charge in [0, 0.05) is 18.9 Å². The van der Waals surface area contributed by atoms with Crippen molar-refractivity contribution in [2.24, 2.45) is 11.7 Å². The van der Waals surface area contributed by atoms with Gasteiger partial charge < -0.3 is 10.6 Å². The van der Waals surface area contributed by atoms with E-state index in [1.807, 2.05) is 29.3 Å². The predicted molar refractivity (Wildman–Crippen MR) is 58.0 cm³/mol. The lowest BCUT2D eigenvalue weighted by molar-refractivity contribution is -0.121. The van der Waals surface area contributed by atoms with Crippen LogP contribution in [0.2, 0.25) is 0 Å². The van der Waals surface area contributed by atoms with Gasteiger partial charge in [0.2, 0.25) is 5.91 Å². The highest BCUT2D eigenvalue weighted by molar-refractivity contribution is 5.78. The topological polar surface area (TPSA) is 59.2 Å². The molecule has 1 aromatic heterocycles. The van der Waals surface area contributed by atoms with Gasteiger partial charge in [0.15, 0.2) is 0 Å². The Labute approximate surface area is 88.4 Å². The molecule has 0 spiro atoms. The van der Waals surface area contributed by atoms with E-state index in [-0.39, 0.29) is 11.8 Å². The number of pyridine rings is 1. The summed E-state index contributed by atoms with van der Waals surface area (Å²) in [6.07, 6.45) is 8.16. The van der Waals surface area contributed by atoms with Crippen LogP contribution in [0.25, 0.3) is 0 Å². The van der Waals surface area contributed by atoms with E-state index in [0.29, 0.717) is 6.54 Å². The number of carbonyl (C=O) groups excluding carboxylic acids is 1. The monoisotopic (exact) mass is 203 g/mol. The van der Waals surface area contributed by atoms with E-state index in [1.54, 1.807) is 12.4 Å². The maximum atomic E-state index is 11.1. The summed E-state index contributed by atoms with van der Waals surface area (Å²) in [6.45, 7) is 0.636. The summed E-state index contributed by atoms with van der Waals surface area (Å²) in [5.41, 5.74) is 6.28. The van der Waals surface area contributed by atoms with Crippen LogP contribution in [-0.4, -0.2) is 17.4 Å². The first kappa shape index (κ1) is 9.71. The van der Waals surface area contributed by atoms with Crippen LogP contribution >= 0.6 is 0 Å². The fourth-order valence-electron chi connectivity index (χ4n) is 1.65. The van der Waals surface area contributed by atoms with Gasteiger partial charge >= 0.3 is 0 Å². The second-order valence-corrected chi connectivity index (χ2v) is 3.58. The molecule has 1 unspecified atom stereocenters. The first-order valence-corrected chi connectivity index (χ1v) is 4.90. The summed E-state index contributed by atoms with van der Waals surface area (Å²) < 4.78 is 0. The van der Waals surface area contributed by atoms with Crippen LogP contribution in [0.4, 0.5) is 5.69 Å². The molecule has 15 heavy (non-hydrogen) atoms. The van der Waals surface area contributed by atoms with Crippen LogP contribution in [0, 0.1) is 5.92 Å². The minimum Gasteiger partial charge on any atom is -0.369 e. The number of carbonyl (C=O) groups is 1. The average molecular weight is 203 g/mol. The third-order valence-corrected chi connectivity index (χ3v) is 2.50. The Hall–Kier alpha value is -1.84. The molecule has 1 atom stereocenters. The summed E-state index contributed by atoms with van der Waals surface area (Å²) in [5.74, 6) is -0.344. The van der Waals surface area contributed by atoms with Crippen LogP contribution < -0.4 is 10.6 Å². The van der Waals surface area contributed by atoms with Crippen molar-refractivity contribution < 1.29 is 4.79 Å². The molecule has 1 aliphatic heterocycles. The van der Waals surface area contributed by atoms with E-state index in [1.165, 1.54) is 0 Å². The Morgan fingerprint density at radius 2 is 2.47 bits per heavy atom. The number of primary amides is 1. The molecule has 78 valence electrons. The summed E-state index contributed by atoms with van der Waals surface area (Å²) in [4.78, 5) is 17.1. The molecule has 2 rings (SSSR count). The van der Waals surface area contributed by atoms with Gasteiger partial charge in [0.05, 0.1) is 17.8 Å². The lowest BCUT2D eigenvalue weighted by Crippen LogP contribution is -2.35. The van der Waals surface area contributed by atoms with E-state index in [9.17, 15) is 4.79 Å². The van der Waals surface area contributed by atoms with Crippen molar-refractivity contribution in [1.82, 2.24) is 4.98 Å². The first-order chi connectivity index (χ1) is 7.27. The van der Waals surface area contributed by atoms with Crippen molar-refractivity contribution >= 4 is 11.6 Å². The Balaban J connectivity index is 2.15. The number of hydrogen-bond donors (Lipinski definition) is 1. The molecule has 1 aliphatic rings. The largest absolute Gasteiger partial charge is 0.369 e. The van der Waals surface area contributed by atoms with Gasteiger partial charge in [-0.3, -0.25) is 9.78 Å². The van der Waals surface area contributed by atoms with Gasteiger partial charge in [0.1, 0.15) is 0 Å². The number of anilines is 1. The second kappa shape index (κ2) is 4.13. The van der Waals surface area contributed by atoms with E-state index in [4.69, 9.17) is 5.73 Å². The van der Waals surface area contributed by atoms with Crippen molar-refractivity contribution in [3.05, 3.63) is 36.8 Å². The van der Waals surface area contributed by atoms with Gasteiger partial charge in [-0.15, -0.1) is 0 Å². The molecule has 1 aromatic rings. The Bertz CT molecular complexity index is 375. The predicted octanol–water partition coefficient (Wildman–Crippen LogP) is 0.907. The molecule has 4 heteroatoms.